The van der Waals surface area contributed by atoms with E-state index in [-0.39, 0.29) is 29.1 Å². The van der Waals surface area contributed by atoms with Crippen LogP contribution in [-0.4, -0.2) is 38.6 Å². The third-order valence-corrected chi connectivity index (χ3v) is 2.73. The summed E-state index contributed by atoms with van der Waals surface area (Å²) in [5, 5.41) is 2.58. The van der Waals surface area contributed by atoms with Crippen LogP contribution in [0.25, 0.3) is 0 Å². The average molecular weight is 294 g/mol. The third kappa shape index (κ3) is 4.57. The number of anilines is 1. The molecule has 0 aliphatic heterocycles. The Hall–Kier alpha value is -2.41. The van der Waals surface area contributed by atoms with Crippen molar-refractivity contribution < 1.29 is 23.9 Å². The number of carbonyl (C=O) groups is 3. The van der Waals surface area contributed by atoms with Gasteiger partial charge in [0.25, 0.3) is 0 Å². The summed E-state index contributed by atoms with van der Waals surface area (Å²) in [4.78, 5) is 34.9. The summed E-state index contributed by atoms with van der Waals surface area (Å²) in [6.45, 7) is 0.388. The number of methoxy groups -OCH3 is 2. The maximum absolute atomic E-state index is 11.8. The molecule has 0 fully saturated rings. The Morgan fingerprint density at radius 1 is 1.14 bits per heavy atom. The van der Waals surface area contributed by atoms with Gasteiger partial charge >= 0.3 is 11.9 Å². The number of hydrogen-bond donors (Lipinski definition) is 2. The fraction of sp³-hybridized carbons (Fsp3) is 0.357. The Kier molecular flexibility index (Phi) is 6.35. The molecule has 0 aromatic heterocycles. The molecular formula is C14H18N2O5. The lowest BCUT2D eigenvalue weighted by Gasteiger charge is -2.11. The summed E-state index contributed by atoms with van der Waals surface area (Å²) < 4.78 is 9.24. The van der Waals surface area contributed by atoms with Crippen molar-refractivity contribution >= 4 is 23.5 Å². The number of carbonyl (C=O) groups excluding carboxylic acids is 3. The molecule has 1 aromatic carbocycles. The highest BCUT2D eigenvalue weighted by Gasteiger charge is 2.17. The van der Waals surface area contributed by atoms with Gasteiger partial charge in [-0.3, -0.25) is 4.79 Å². The van der Waals surface area contributed by atoms with Crippen LogP contribution < -0.4 is 11.1 Å². The number of hydrogen-bond acceptors (Lipinski definition) is 6. The first-order valence-electron chi connectivity index (χ1n) is 6.34. The first-order valence-corrected chi connectivity index (χ1v) is 6.34. The Balaban J connectivity index is 3.07. The molecule has 114 valence electrons. The zero-order chi connectivity index (χ0) is 15.8. The molecule has 0 saturated heterocycles. The molecular weight excluding hydrogens is 276 g/mol. The second kappa shape index (κ2) is 8.01. The van der Waals surface area contributed by atoms with E-state index in [1.165, 1.54) is 32.4 Å². The second-order valence-electron chi connectivity index (χ2n) is 4.18. The largest absolute Gasteiger partial charge is 0.465 e. The van der Waals surface area contributed by atoms with Gasteiger partial charge < -0.3 is 20.5 Å². The molecule has 0 aliphatic rings. The van der Waals surface area contributed by atoms with Crippen LogP contribution in [0, 0.1) is 0 Å². The van der Waals surface area contributed by atoms with Crippen molar-refractivity contribution in [1.82, 2.24) is 0 Å². The van der Waals surface area contributed by atoms with Crippen LogP contribution in [-0.2, 0) is 14.3 Å². The van der Waals surface area contributed by atoms with Crippen LogP contribution in [0.2, 0.25) is 0 Å². The summed E-state index contributed by atoms with van der Waals surface area (Å²) in [6, 6.07) is 4.20. The number of rotatable bonds is 6. The quantitative estimate of drug-likeness (QED) is 0.756. The summed E-state index contributed by atoms with van der Waals surface area (Å²) in [6.07, 6.45) is 0.746. The summed E-state index contributed by atoms with van der Waals surface area (Å²) in [5.41, 5.74) is 5.92. The van der Waals surface area contributed by atoms with Crippen LogP contribution >= 0.6 is 0 Å². The molecule has 7 heteroatoms. The lowest BCUT2D eigenvalue weighted by atomic mass is 10.1. The van der Waals surface area contributed by atoms with Gasteiger partial charge in [0.15, 0.2) is 0 Å². The molecule has 0 aliphatic carbocycles. The fourth-order valence-electron chi connectivity index (χ4n) is 1.66. The predicted octanol–water partition coefficient (Wildman–Crippen LogP) is 0.937. The van der Waals surface area contributed by atoms with Gasteiger partial charge in [-0.25, -0.2) is 9.59 Å². The Morgan fingerprint density at radius 3 is 2.38 bits per heavy atom. The van der Waals surface area contributed by atoms with Gasteiger partial charge in [0.1, 0.15) is 0 Å². The molecule has 21 heavy (non-hydrogen) atoms. The number of nitrogens with one attached hydrogen (secondary N) is 1. The number of benzene rings is 1. The van der Waals surface area contributed by atoms with Gasteiger partial charge in [0.05, 0.1) is 31.0 Å². The smallest absolute Gasteiger partial charge is 0.339 e. The van der Waals surface area contributed by atoms with E-state index in [9.17, 15) is 14.4 Å². The number of amides is 1. The van der Waals surface area contributed by atoms with Gasteiger partial charge in [-0.1, -0.05) is 0 Å². The summed E-state index contributed by atoms with van der Waals surface area (Å²) in [7, 11) is 2.48. The number of ether oxygens (including phenoxy) is 2. The van der Waals surface area contributed by atoms with Crippen molar-refractivity contribution in [2.24, 2.45) is 5.73 Å². The highest BCUT2D eigenvalue weighted by Crippen LogP contribution is 2.20. The Bertz CT molecular complexity index is 542. The molecule has 0 radical (unpaired) electrons. The van der Waals surface area contributed by atoms with Crippen LogP contribution in [0.4, 0.5) is 5.69 Å². The topological polar surface area (TPSA) is 108 Å². The Labute approximate surface area is 122 Å². The minimum absolute atomic E-state index is 0.159. The molecule has 3 N–H and O–H groups in total. The van der Waals surface area contributed by atoms with Crippen LogP contribution in [0.1, 0.15) is 33.6 Å². The molecule has 7 nitrogen and oxygen atoms in total. The fourth-order valence-corrected chi connectivity index (χ4v) is 1.66. The highest BCUT2D eigenvalue weighted by atomic mass is 16.5. The first-order chi connectivity index (χ1) is 10.0. The zero-order valence-corrected chi connectivity index (χ0v) is 12.0. The van der Waals surface area contributed by atoms with E-state index < -0.39 is 11.9 Å². The van der Waals surface area contributed by atoms with Crippen LogP contribution in [0.15, 0.2) is 18.2 Å². The van der Waals surface area contributed by atoms with E-state index in [4.69, 9.17) is 5.73 Å². The number of nitrogens with two attached hydrogens (primary N) is 1. The van der Waals surface area contributed by atoms with Gasteiger partial charge in [-0.05, 0) is 31.2 Å². The van der Waals surface area contributed by atoms with Gasteiger partial charge in [-0.15, -0.1) is 0 Å². The maximum atomic E-state index is 11.8. The molecule has 1 rings (SSSR count). The predicted molar refractivity (Wildman–Crippen MR) is 76.0 cm³/mol. The van der Waals surface area contributed by atoms with E-state index in [2.05, 4.69) is 14.8 Å². The Morgan fingerprint density at radius 2 is 1.81 bits per heavy atom. The summed E-state index contributed by atoms with van der Waals surface area (Å²) >= 11 is 0. The third-order valence-electron chi connectivity index (χ3n) is 2.73. The lowest BCUT2D eigenvalue weighted by Crippen LogP contribution is -2.17. The lowest BCUT2D eigenvalue weighted by molar-refractivity contribution is -0.116. The molecule has 0 unspecified atom stereocenters. The molecule has 0 bridgehead atoms. The van der Waals surface area contributed by atoms with Gasteiger partial charge in [-0.2, -0.15) is 0 Å². The van der Waals surface area contributed by atoms with Crippen LogP contribution in [0.3, 0.4) is 0 Å². The van der Waals surface area contributed by atoms with Crippen molar-refractivity contribution in [3.8, 4) is 0 Å². The van der Waals surface area contributed by atoms with E-state index in [1.54, 1.807) is 0 Å². The number of esters is 2. The average Bonchev–Trinajstić information content (AvgIpc) is 2.51. The van der Waals surface area contributed by atoms with Gasteiger partial charge in [0, 0.05) is 6.42 Å². The molecule has 1 aromatic rings. The standard InChI is InChI=1S/C14H18N2O5/c1-20-13(18)9-5-6-10(14(19)21-2)11(8-9)16-12(17)4-3-7-15/h5-6,8H,3-4,7,15H2,1-2H3,(H,16,17). The van der Waals surface area contributed by atoms with Crippen molar-refractivity contribution in [3.63, 3.8) is 0 Å². The SMILES string of the molecule is COC(=O)c1ccc(C(=O)OC)c(NC(=O)CCCN)c1. The van der Waals surface area contributed by atoms with E-state index in [1.807, 2.05) is 0 Å². The van der Waals surface area contributed by atoms with E-state index >= 15 is 0 Å². The van der Waals surface area contributed by atoms with Crippen molar-refractivity contribution in [2.45, 2.75) is 12.8 Å². The zero-order valence-electron chi connectivity index (χ0n) is 12.0. The van der Waals surface area contributed by atoms with E-state index in [0.717, 1.165) is 0 Å². The minimum atomic E-state index is -0.611. The second-order valence-corrected chi connectivity index (χ2v) is 4.18. The molecule has 0 heterocycles. The van der Waals surface area contributed by atoms with E-state index in [0.29, 0.717) is 13.0 Å². The monoisotopic (exact) mass is 294 g/mol. The van der Waals surface area contributed by atoms with Crippen molar-refractivity contribution in [1.29, 1.82) is 0 Å². The molecule has 0 atom stereocenters. The van der Waals surface area contributed by atoms with Crippen molar-refractivity contribution in [2.75, 3.05) is 26.1 Å². The highest BCUT2D eigenvalue weighted by molar-refractivity contribution is 6.03. The first kappa shape index (κ1) is 16.6. The molecule has 1 amide bonds. The molecule has 0 spiro atoms. The normalized spacial score (nSPS) is 9.86. The maximum Gasteiger partial charge on any atom is 0.339 e. The minimum Gasteiger partial charge on any atom is -0.465 e. The van der Waals surface area contributed by atoms with Gasteiger partial charge in [0.2, 0.25) is 5.91 Å². The molecule has 0 saturated carbocycles. The van der Waals surface area contributed by atoms with Crippen LogP contribution in [0.5, 0.6) is 0 Å². The summed E-state index contributed by atoms with van der Waals surface area (Å²) in [5.74, 6) is -1.47. The van der Waals surface area contributed by atoms with Crippen molar-refractivity contribution in [3.05, 3.63) is 29.3 Å².